The van der Waals surface area contributed by atoms with Crippen LogP contribution in [0.1, 0.15) is 38.5 Å². The van der Waals surface area contributed by atoms with Crippen molar-refractivity contribution in [3.63, 3.8) is 0 Å². The maximum absolute atomic E-state index is 8.71. The summed E-state index contributed by atoms with van der Waals surface area (Å²) in [5, 5.41) is 17.0. The Morgan fingerprint density at radius 2 is 2.03 bits per heavy atom. The SMILES string of the molecule is C=C1CC1C1=CC(C(=N)n2cc(/N=C\C3CCC(OC)CC3)ccc2=N)CC=C1. The number of aliphatic imine (C=N–C) groups is 1. The van der Waals surface area contributed by atoms with Gasteiger partial charge in [0.2, 0.25) is 0 Å². The van der Waals surface area contributed by atoms with Gasteiger partial charge in [-0.2, -0.15) is 0 Å². The van der Waals surface area contributed by atoms with Crippen molar-refractivity contribution in [2.75, 3.05) is 7.11 Å². The van der Waals surface area contributed by atoms with E-state index in [0.29, 0.717) is 29.3 Å². The highest BCUT2D eigenvalue weighted by atomic mass is 16.5. The second kappa shape index (κ2) is 8.46. The Hall–Kier alpha value is -2.53. The number of methoxy groups -OCH3 is 1. The van der Waals surface area contributed by atoms with Crippen molar-refractivity contribution in [2.24, 2.45) is 22.7 Å². The van der Waals surface area contributed by atoms with Gasteiger partial charge in [0.25, 0.3) is 0 Å². The highest BCUT2D eigenvalue weighted by molar-refractivity contribution is 5.86. The van der Waals surface area contributed by atoms with Crippen molar-refractivity contribution in [1.29, 1.82) is 10.8 Å². The molecule has 2 unspecified atom stereocenters. The average Bonchev–Trinajstić information content (AvgIpc) is 3.50. The fourth-order valence-corrected chi connectivity index (χ4v) is 4.29. The minimum absolute atomic E-state index is 0.0129. The summed E-state index contributed by atoms with van der Waals surface area (Å²) < 4.78 is 7.10. The van der Waals surface area contributed by atoms with Crippen molar-refractivity contribution >= 4 is 17.7 Å². The number of ether oxygens (including phenoxy) is 1. The van der Waals surface area contributed by atoms with Crippen molar-refractivity contribution in [2.45, 2.75) is 44.6 Å². The van der Waals surface area contributed by atoms with Crippen LogP contribution in [0.4, 0.5) is 5.69 Å². The fourth-order valence-electron chi connectivity index (χ4n) is 4.29. The van der Waals surface area contributed by atoms with Crippen LogP contribution in [0.3, 0.4) is 0 Å². The zero-order valence-electron chi connectivity index (χ0n) is 17.1. The van der Waals surface area contributed by atoms with Gasteiger partial charge in [-0.25, -0.2) is 0 Å². The number of pyridine rings is 1. The lowest BCUT2D eigenvalue weighted by atomic mass is 9.88. The third kappa shape index (κ3) is 4.56. The zero-order valence-corrected chi connectivity index (χ0v) is 17.1. The van der Waals surface area contributed by atoms with Gasteiger partial charge in [0.1, 0.15) is 11.3 Å². The van der Waals surface area contributed by atoms with Crippen LogP contribution in [0, 0.1) is 28.6 Å². The molecule has 152 valence electrons. The first kappa shape index (κ1) is 19.8. The number of rotatable bonds is 5. The lowest BCUT2D eigenvalue weighted by molar-refractivity contribution is 0.0651. The predicted octanol–water partition coefficient (Wildman–Crippen LogP) is 4.78. The summed E-state index contributed by atoms with van der Waals surface area (Å²) in [6.45, 7) is 4.06. The van der Waals surface area contributed by atoms with Crippen LogP contribution in [0.25, 0.3) is 0 Å². The van der Waals surface area contributed by atoms with Crippen molar-refractivity contribution < 1.29 is 4.74 Å². The first-order valence-electron chi connectivity index (χ1n) is 10.5. The highest BCUT2D eigenvalue weighted by Gasteiger charge is 2.31. The smallest absolute Gasteiger partial charge is 0.130 e. The molecule has 3 aliphatic carbocycles. The van der Waals surface area contributed by atoms with Gasteiger partial charge in [-0.15, -0.1) is 0 Å². The van der Waals surface area contributed by atoms with Crippen LogP contribution in [-0.2, 0) is 4.74 Å². The van der Waals surface area contributed by atoms with E-state index in [1.807, 2.05) is 18.5 Å². The maximum atomic E-state index is 8.71. The minimum atomic E-state index is -0.0129. The van der Waals surface area contributed by atoms with Crippen LogP contribution < -0.4 is 5.49 Å². The molecule has 4 rings (SSSR count). The molecule has 0 aliphatic heterocycles. The number of allylic oxidation sites excluding steroid dienone is 5. The Labute approximate surface area is 172 Å². The average molecular weight is 391 g/mol. The van der Waals surface area contributed by atoms with E-state index in [-0.39, 0.29) is 5.92 Å². The summed E-state index contributed by atoms with van der Waals surface area (Å²) >= 11 is 0. The van der Waals surface area contributed by atoms with Gasteiger partial charge in [0, 0.05) is 31.4 Å². The lowest BCUT2D eigenvalue weighted by Crippen LogP contribution is -2.30. The molecular formula is C24H30N4O. The summed E-state index contributed by atoms with van der Waals surface area (Å²) in [5.74, 6) is 1.36. The third-order valence-electron chi connectivity index (χ3n) is 6.33. The summed E-state index contributed by atoms with van der Waals surface area (Å²) in [4.78, 5) is 4.67. The molecule has 1 aromatic heterocycles. The van der Waals surface area contributed by atoms with Crippen LogP contribution in [0.2, 0.25) is 0 Å². The monoisotopic (exact) mass is 390 g/mol. The number of hydrogen-bond donors (Lipinski definition) is 2. The molecule has 2 atom stereocenters. The van der Waals surface area contributed by atoms with Gasteiger partial charge in [-0.1, -0.05) is 30.4 Å². The van der Waals surface area contributed by atoms with Crippen LogP contribution in [0.5, 0.6) is 0 Å². The molecule has 0 saturated heterocycles. The predicted molar refractivity (Wildman–Crippen MR) is 117 cm³/mol. The largest absolute Gasteiger partial charge is 0.381 e. The Bertz CT molecular complexity index is 944. The van der Waals surface area contributed by atoms with Gasteiger partial charge in [0.05, 0.1) is 11.8 Å². The fraction of sp³-hybridized carbons (Fsp3) is 0.458. The van der Waals surface area contributed by atoms with E-state index >= 15 is 0 Å². The molecule has 29 heavy (non-hydrogen) atoms. The quantitative estimate of drug-likeness (QED) is 0.424. The van der Waals surface area contributed by atoms with E-state index in [1.54, 1.807) is 17.7 Å². The lowest BCUT2D eigenvalue weighted by Gasteiger charge is -2.25. The summed E-state index contributed by atoms with van der Waals surface area (Å²) in [5.41, 5.74) is 3.65. The van der Waals surface area contributed by atoms with E-state index in [4.69, 9.17) is 15.6 Å². The molecule has 3 aliphatic rings. The molecule has 0 amide bonds. The molecule has 0 spiro atoms. The zero-order chi connectivity index (χ0) is 20.4. The summed E-state index contributed by atoms with van der Waals surface area (Å²) in [6, 6.07) is 3.59. The van der Waals surface area contributed by atoms with Crippen molar-refractivity contribution in [3.05, 3.63) is 59.8 Å². The van der Waals surface area contributed by atoms with Crippen LogP contribution in [0.15, 0.2) is 59.3 Å². The van der Waals surface area contributed by atoms with Crippen molar-refractivity contribution in [3.8, 4) is 0 Å². The standard InChI is InChI=1S/C24H30N4O/c1-16-12-22(16)18-4-3-5-19(13-18)24(26)28-15-20(8-11-23(28)25)27-14-17-6-9-21(29-2)10-7-17/h3-4,8,11,13-15,17,19,21-22,25-26H,1,5-7,9-10,12H2,2H3/b25-23?,26-24?,27-14-. The maximum Gasteiger partial charge on any atom is 0.130 e. The molecule has 1 heterocycles. The Kier molecular flexibility index (Phi) is 5.76. The third-order valence-corrected chi connectivity index (χ3v) is 6.33. The Morgan fingerprint density at radius 3 is 2.72 bits per heavy atom. The van der Waals surface area contributed by atoms with E-state index in [9.17, 15) is 0 Å². The minimum Gasteiger partial charge on any atom is -0.381 e. The van der Waals surface area contributed by atoms with Gasteiger partial charge in [-0.3, -0.25) is 20.4 Å². The molecule has 2 fully saturated rings. The van der Waals surface area contributed by atoms with Crippen LogP contribution in [-0.4, -0.2) is 29.8 Å². The van der Waals surface area contributed by atoms with E-state index in [2.05, 4.69) is 29.8 Å². The van der Waals surface area contributed by atoms with E-state index < -0.39 is 0 Å². The normalized spacial score (nSPS) is 29.1. The molecule has 5 nitrogen and oxygen atoms in total. The van der Waals surface area contributed by atoms with E-state index in [0.717, 1.165) is 44.2 Å². The second-order valence-corrected chi connectivity index (χ2v) is 8.40. The van der Waals surface area contributed by atoms with Crippen molar-refractivity contribution in [1.82, 2.24) is 4.57 Å². The number of hydrogen-bond acceptors (Lipinski definition) is 4. The summed E-state index contributed by atoms with van der Waals surface area (Å²) in [7, 11) is 1.79. The molecule has 5 heteroatoms. The highest BCUT2D eigenvalue weighted by Crippen LogP contribution is 2.44. The topological polar surface area (TPSA) is 74.2 Å². The number of nitrogens with one attached hydrogen (secondary N) is 2. The molecule has 0 bridgehead atoms. The Morgan fingerprint density at radius 1 is 1.28 bits per heavy atom. The van der Waals surface area contributed by atoms with Gasteiger partial charge in [-0.05, 0) is 62.1 Å². The molecule has 1 aromatic rings. The number of aromatic nitrogens is 1. The van der Waals surface area contributed by atoms with Crippen LogP contribution >= 0.6 is 0 Å². The first-order valence-corrected chi connectivity index (χ1v) is 10.5. The molecule has 0 aromatic carbocycles. The van der Waals surface area contributed by atoms with E-state index in [1.165, 1.54) is 11.1 Å². The number of nitrogens with zero attached hydrogens (tertiary/aromatic N) is 2. The second-order valence-electron chi connectivity index (χ2n) is 8.40. The first-order chi connectivity index (χ1) is 14.0. The molecule has 0 radical (unpaired) electrons. The molecular weight excluding hydrogens is 360 g/mol. The molecule has 2 N–H and O–H groups in total. The summed E-state index contributed by atoms with van der Waals surface area (Å²) in [6.07, 6.45) is 17.0. The Balaban J connectivity index is 1.47. The molecule has 2 saturated carbocycles. The van der Waals surface area contributed by atoms with Gasteiger partial charge < -0.3 is 4.74 Å². The van der Waals surface area contributed by atoms with Gasteiger partial charge >= 0.3 is 0 Å². The van der Waals surface area contributed by atoms with Gasteiger partial charge in [0.15, 0.2) is 0 Å².